The Kier molecular flexibility index (Phi) is 3.55. The molecular formula is C10H14INO. The molecule has 2 nitrogen and oxygen atoms in total. The molecule has 0 bridgehead atoms. The van der Waals surface area contributed by atoms with Gasteiger partial charge in [0.25, 0.3) is 0 Å². The smallest absolute Gasteiger partial charge is 0.116 e. The summed E-state index contributed by atoms with van der Waals surface area (Å²) in [6.45, 7) is 4.18. The molecule has 0 aromatic heterocycles. The van der Waals surface area contributed by atoms with E-state index in [1.807, 2.05) is 6.07 Å². The molecule has 3 heteroatoms. The van der Waals surface area contributed by atoms with E-state index in [-0.39, 0.29) is 6.04 Å². The van der Waals surface area contributed by atoms with Crippen molar-refractivity contribution in [3.05, 3.63) is 27.3 Å². The molecule has 0 heterocycles. The summed E-state index contributed by atoms with van der Waals surface area (Å²) in [5, 5.41) is 9.21. The van der Waals surface area contributed by atoms with Crippen LogP contribution in [0.5, 0.6) is 5.75 Å². The molecule has 0 aliphatic carbocycles. The quantitative estimate of drug-likeness (QED) is 0.823. The van der Waals surface area contributed by atoms with Gasteiger partial charge in [0, 0.05) is 9.61 Å². The molecule has 0 amide bonds. The van der Waals surface area contributed by atoms with Crippen LogP contribution in [0.25, 0.3) is 0 Å². The number of phenolic OH excluding ortho intramolecular Hbond substituents is 1. The van der Waals surface area contributed by atoms with Crippen LogP contribution in [0.2, 0.25) is 0 Å². The number of phenols is 1. The van der Waals surface area contributed by atoms with Gasteiger partial charge in [-0.15, -0.1) is 0 Å². The number of benzene rings is 1. The molecule has 1 aromatic rings. The van der Waals surface area contributed by atoms with Crippen molar-refractivity contribution in [1.29, 1.82) is 0 Å². The van der Waals surface area contributed by atoms with Gasteiger partial charge in [-0.2, -0.15) is 0 Å². The summed E-state index contributed by atoms with van der Waals surface area (Å²) in [5.41, 5.74) is 7.11. The van der Waals surface area contributed by atoms with Gasteiger partial charge in [-0.3, -0.25) is 0 Å². The molecule has 0 spiro atoms. The van der Waals surface area contributed by atoms with E-state index in [1.54, 1.807) is 12.1 Å². The summed E-state index contributed by atoms with van der Waals surface area (Å²) in [6.07, 6.45) is 0. The van der Waals surface area contributed by atoms with Crippen molar-refractivity contribution < 1.29 is 5.11 Å². The first kappa shape index (κ1) is 10.8. The highest BCUT2D eigenvalue weighted by atomic mass is 127. The third-order valence-electron chi connectivity index (χ3n) is 2.06. The van der Waals surface area contributed by atoms with Crippen LogP contribution in [-0.2, 0) is 0 Å². The highest BCUT2D eigenvalue weighted by Gasteiger charge is 2.13. The van der Waals surface area contributed by atoms with Crippen molar-refractivity contribution in [2.45, 2.75) is 19.9 Å². The maximum Gasteiger partial charge on any atom is 0.116 e. The fourth-order valence-corrected chi connectivity index (χ4v) is 2.00. The van der Waals surface area contributed by atoms with Crippen LogP contribution in [0.4, 0.5) is 0 Å². The number of rotatable bonds is 2. The van der Waals surface area contributed by atoms with E-state index in [2.05, 4.69) is 36.4 Å². The SMILES string of the molecule is CC(C)[C@@H](N)c1ccc(O)cc1I. The summed E-state index contributed by atoms with van der Waals surface area (Å²) < 4.78 is 1.03. The minimum atomic E-state index is 0.0486. The molecule has 1 atom stereocenters. The molecule has 0 unspecified atom stereocenters. The maximum absolute atomic E-state index is 9.21. The van der Waals surface area contributed by atoms with Gasteiger partial charge in [0.15, 0.2) is 0 Å². The largest absolute Gasteiger partial charge is 0.508 e. The predicted molar refractivity (Wildman–Crippen MR) is 62.6 cm³/mol. The van der Waals surface area contributed by atoms with Gasteiger partial charge >= 0.3 is 0 Å². The first-order chi connectivity index (χ1) is 6.02. The fraction of sp³-hybridized carbons (Fsp3) is 0.400. The number of nitrogens with two attached hydrogens (primary N) is 1. The van der Waals surface area contributed by atoms with Crippen molar-refractivity contribution in [2.24, 2.45) is 11.7 Å². The zero-order valence-corrected chi connectivity index (χ0v) is 9.95. The zero-order chi connectivity index (χ0) is 10.0. The molecular weight excluding hydrogens is 277 g/mol. The lowest BCUT2D eigenvalue weighted by Gasteiger charge is -2.17. The second-order valence-corrected chi connectivity index (χ2v) is 4.64. The molecule has 0 aliphatic heterocycles. The minimum absolute atomic E-state index is 0.0486. The fourth-order valence-electron chi connectivity index (χ4n) is 1.15. The second-order valence-electron chi connectivity index (χ2n) is 3.48. The third kappa shape index (κ3) is 2.57. The van der Waals surface area contributed by atoms with E-state index < -0.39 is 0 Å². The van der Waals surface area contributed by atoms with Crippen molar-refractivity contribution in [1.82, 2.24) is 0 Å². The van der Waals surface area contributed by atoms with E-state index in [0.29, 0.717) is 11.7 Å². The Morgan fingerprint density at radius 1 is 1.38 bits per heavy atom. The standard InChI is InChI=1S/C10H14INO/c1-6(2)10(12)8-4-3-7(13)5-9(8)11/h3-6,10,13H,12H2,1-2H3/t10-/m1/s1. The molecule has 13 heavy (non-hydrogen) atoms. The average Bonchev–Trinajstić information content (AvgIpc) is 2.03. The predicted octanol–water partition coefficient (Wildman–Crippen LogP) is 2.65. The van der Waals surface area contributed by atoms with Crippen LogP contribution in [0.15, 0.2) is 18.2 Å². The Bertz CT molecular complexity index is 299. The number of hydrogen-bond donors (Lipinski definition) is 2. The van der Waals surface area contributed by atoms with Crippen LogP contribution < -0.4 is 5.73 Å². The van der Waals surface area contributed by atoms with Gasteiger partial charge in [-0.05, 0) is 46.2 Å². The van der Waals surface area contributed by atoms with Gasteiger partial charge < -0.3 is 10.8 Å². The monoisotopic (exact) mass is 291 g/mol. The Morgan fingerprint density at radius 3 is 2.46 bits per heavy atom. The normalized spacial score (nSPS) is 13.3. The molecule has 0 saturated heterocycles. The van der Waals surface area contributed by atoms with Gasteiger partial charge in [-0.1, -0.05) is 19.9 Å². The minimum Gasteiger partial charge on any atom is -0.508 e. The lowest BCUT2D eigenvalue weighted by Crippen LogP contribution is -2.17. The highest BCUT2D eigenvalue weighted by molar-refractivity contribution is 14.1. The Labute approximate surface area is 92.3 Å². The molecule has 72 valence electrons. The second kappa shape index (κ2) is 4.28. The maximum atomic E-state index is 9.21. The summed E-state index contributed by atoms with van der Waals surface area (Å²) in [7, 11) is 0. The van der Waals surface area contributed by atoms with E-state index in [9.17, 15) is 5.11 Å². The van der Waals surface area contributed by atoms with E-state index >= 15 is 0 Å². The van der Waals surface area contributed by atoms with Crippen LogP contribution in [0.3, 0.4) is 0 Å². The van der Waals surface area contributed by atoms with Crippen molar-refractivity contribution in [3.8, 4) is 5.75 Å². The molecule has 0 radical (unpaired) electrons. The summed E-state index contributed by atoms with van der Waals surface area (Å²) >= 11 is 2.19. The third-order valence-corrected chi connectivity index (χ3v) is 3.00. The van der Waals surface area contributed by atoms with Crippen molar-refractivity contribution in [3.63, 3.8) is 0 Å². The lowest BCUT2D eigenvalue weighted by atomic mass is 9.97. The Hall–Kier alpha value is -0.290. The molecule has 0 fully saturated rings. The molecule has 0 saturated carbocycles. The Morgan fingerprint density at radius 2 is 2.00 bits per heavy atom. The van der Waals surface area contributed by atoms with Gasteiger partial charge in [0.2, 0.25) is 0 Å². The number of aromatic hydroxyl groups is 1. The summed E-state index contributed by atoms with van der Waals surface area (Å²) in [4.78, 5) is 0. The highest BCUT2D eigenvalue weighted by Crippen LogP contribution is 2.26. The van der Waals surface area contributed by atoms with Gasteiger partial charge in [-0.25, -0.2) is 0 Å². The number of hydrogen-bond acceptors (Lipinski definition) is 2. The molecule has 3 N–H and O–H groups in total. The van der Waals surface area contributed by atoms with Crippen LogP contribution in [0.1, 0.15) is 25.5 Å². The molecule has 1 aromatic carbocycles. The lowest BCUT2D eigenvalue weighted by molar-refractivity contribution is 0.472. The van der Waals surface area contributed by atoms with Gasteiger partial charge in [0.05, 0.1) is 0 Å². The summed E-state index contributed by atoms with van der Waals surface area (Å²) in [5.74, 6) is 0.710. The van der Waals surface area contributed by atoms with E-state index in [1.165, 1.54) is 0 Å². The van der Waals surface area contributed by atoms with E-state index in [4.69, 9.17) is 5.73 Å². The average molecular weight is 291 g/mol. The molecule has 0 aliphatic rings. The topological polar surface area (TPSA) is 46.2 Å². The first-order valence-electron chi connectivity index (χ1n) is 4.26. The number of halogens is 1. The summed E-state index contributed by atoms with van der Waals surface area (Å²) in [6, 6.07) is 5.35. The van der Waals surface area contributed by atoms with Crippen molar-refractivity contribution >= 4 is 22.6 Å². The van der Waals surface area contributed by atoms with Crippen LogP contribution >= 0.6 is 22.6 Å². The van der Waals surface area contributed by atoms with Crippen molar-refractivity contribution in [2.75, 3.05) is 0 Å². The molecule has 1 rings (SSSR count). The van der Waals surface area contributed by atoms with Gasteiger partial charge in [0.1, 0.15) is 5.75 Å². The first-order valence-corrected chi connectivity index (χ1v) is 5.34. The van der Waals surface area contributed by atoms with Crippen LogP contribution in [0, 0.1) is 9.49 Å². The Balaban J connectivity index is 3.01. The van der Waals surface area contributed by atoms with Crippen LogP contribution in [-0.4, -0.2) is 5.11 Å². The van der Waals surface area contributed by atoms with E-state index in [0.717, 1.165) is 9.13 Å². The zero-order valence-electron chi connectivity index (χ0n) is 7.79.